The SMILES string of the molecule is Cc1cc(=O)oc2cc(NC(=O)C(CCCN=C(N)N)NC(=O)C(NC(=O)C(CC(C)C)NC(=O)OC(C)(C)C)C(C)O)ccc12. The number of nitrogens with one attached hydrogen (secondary N) is 4. The highest BCUT2D eigenvalue weighted by Gasteiger charge is 2.33. The minimum absolute atomic E-state index is 0.0187. The number of hydrogen-bond acceptors (Lipinski definition) is 9. The average Bonchev–Trinajstić information content (AvgIpc) is 2.90. The Balaban J connectivity index is 2.26. The number of nitrogens with two attached hydrogens (primary N) is 2. The summed E-state index contributed by atoms with van der Waals surface area (Å²) in [6, 6.07) is 2.47. The van der Waals surface area contributed by atoms with Gasteiger partial charge in [-0.15, -0.1) is 0 Å². The number of rotatable bonds is 14. The summed E-state index contributed by atoms with van der Waals surface area (Å²) in [7, 11) is 0. The van der Waals surface area contributed by atoms with Crippen molar-refractivity contribution < 1.29 is 33.4 Å². The number of guanidine groups is 1. The van der Waals surface area contributed by atoms with Gasteiger partial charge in [0.15, 0.2) is 5.96 Å². The molecule has 2 aromatic rings. The van der Waals surface area contributed by atoms with Crippen molar-refractivity contribution in [3.63, 3.8) is 0 Å². The Hall–Kier alpha value is -4.66. The second-order valence-electron chi connectivity index (χ2n) is 12.5. The first-order valence-corrected chi connectivity index (χ1v) is 15.1. The number of alkyl carbamates (subject to hydrolysis) is 1. The number of ether oxygens (including phenoxy) is 1. The molecule has 0 aliphatic rings. The largest absolute Gasteiger partial charge is 0.444 e. The van der Waals surface area contributed by atoms with E-state index in [-0.39, 0.29) is 36.8 Å². The number of nitrogens with zero attached hydrogens (tertiary/aromatic N) is 1. The lowest BCUT2D eigenvalue weighted by molar-refractivity contribution is -0.134. The van der Waals surface area contributed by atoms with Gasteiger partial charge in [-0.2, -0.15) is 0 Å². The Morgan fingerprint density at radius 2 is 1.65 bits per heavy atom. The minimum atomic E-state index is -1.48. The zero-order valence-electron chi connectivity index (χ0n) is 27.4. The van der Waals surface area contributed by atoms with E-state index in [9.17, 15) is 29.1 Å². The number of anilines is 1. The summed E-state index contributed by atoms with van der Waals surface area (Å²) in [4.78, 5) is 68.3. The van der Waals surface area contributed by atoms with Gasteiger partial charge in [-0.3, -0.25) is 19.4 Å². The predicted molar refractivity (Wildman–Crippen MR) is 174 cm³/mol. The fourth-order valence-corrected chi connectivity index (χ4v) is 4.48. The van der Waals surface area contributed by atoms with Crippen molar-refractivity contribution in [2.75, 3.05) is 11.9 Å². The Labute approximate surface area is 267 Å². The quantitative estimate of drug-likeness (QED) is 0.0674. The summed E-state index contributed by atoms with van der Waals surface area (Å²) in [5.41, 5.74) is 10.7. The van der Waals surface area contributed by atoms with Crippen molar-refractivity contribution in [1.82, 2.24) is 16.0 Å². The number of carbonyl (C=O) groups excluding carboxylic acids is 4. The predicted octanol–water partition coefficient (Wildman–Crippen LogP) is 1.38. The molecule has 0 saturated carbocycles. The molecule has 4 atom stereocenters. The maximum absolute atomic E-state index is 13.4. The van der Waals surface area contributed by atoms with E-state index >= 15 is 0 Å². The monoisotopic (exact) mass is 645 g/mol. The third-order valence-corrected chi connectivity index (χ3v) is 6.57. The van der Waals surface area contributed by atoms with Crippen LogP contribution in [0.2, 0.25) is 0 Å². The highest BCUT2D eigenvalue weighted by atomic mass is 16.6. The van der Waals surface area contributed by atoms with Crippen molar-refractivity contribution >= 4 is 46.4 Å². The van der Waals surface area contributed by atoms with Crippen molar-refractivity contribution in [2.45, 2.75) is 97.6 Å². The van der Waals surface area contributed by atoms with Gasteiger partial charge in [-0.05, 0) is 77.5 Å². The average molecular weight is 646 g/mol. The highest BCUT2D eigenvalue weighted by molar-refractivity contribution is 6.00. The molecule has 4 unspecified atom stereocenters. The van der Waals surface area contributed by atoms with Crippen LogP contribution in [0.1, 0.15) is 66.4 Å². The third kappa shape index (κ3) is 12.4. The molecule has 46 heavy (non-hydrogen) atoms. The van der Waals surface area contributed by atoms with Crippen LogP contribution in [0.15, 0.2) is 38.5 Å². The molecular formula is C31H47N7O8. The standard InChI is InChI=1S/C31H47N7O8/c1-16(2)13-22(37-30(44)46-31(5,6)7)27(42)38-25(18(4)39)28(43)36-21(9-8-12-34-29(32)33)26(41)35-19-10-11-20-17(3)14-24(40)45-23(20)15-19/h10-11,14-16,18,21-22,25,39H,8-9,12-13H2,1-7H3,(H,35,41)(H,36,43)(H,37,44)(H,38,42)(H4,32,33,34). The van der Waals surface area contributed by atoms with Gasteiger partial charge >= 0.3 is 11.7 Å². The molecular weight excluding hydrogens is 598 g/mol. The summed E-state index contributed by atoms with van der Waals surface area (Å²) >= 11 is 0. The van der Waals surface area contributed by atoms with Gasteiger partial charge in [0.1, 0.15) is 29.3 Å². The normalized spacial score (nSPS) is 14.0. The summed E-state index contributed by atoms with van der Waals surface area (Å²) in [5.74, 6) is -2.33. The van der Waals surface area contributed by atoms with Gasteiger partial charge in [0.2, 0.25) is 17.7 Å². The summed E-state index contributed by atoms with van der Waals surface area (Å²) < 4.78 is 10.5. The van der Waals surface area contributed by atoms with Crippen LogP contribution in [0.25, 0.3) is 11.0 Å². The molecule has 0 radical (unpaired) electrons. The number of aliphatic imine (C=N–C) groups is 1. The van der Waals surface area contributed by atoms with E-state index < -0.39 is 59.3 Å². The maximum Gasteiger partial charge on any atom is 0.408 e. The minimum Gasteiger partial charge on any atom is -0.444 e. The van der Waals surface area contributed by atoms with Crippen molar-refractivity contribution in [2.24, 2.45) is 22.4 Å². The van der Waals surface area contributed by atoms with Gasteiger partial charge in [0, 0.05) is 29.8 Å². The molecule has 9 N–H and O–H groups in total. The Bertz CT molecular complexity index is 1480. The van der Waals surface area contributed by atoms with Crippen LogP contribution in [0, 0.1) is 12.8 Å². The number of fused-ring (bicyclic) bond motifs is 1. The zero-order chi connectivity index (χ0) is 34.8. The lowest BCUT2D eigenvalue weighted by Crippen LogP contribution is -2.59. The molecule has 0 aliphatic carbocycles. The van der Waals surface area contributed by atoms with Crippen LogP contribution >= 0.6 is 0 Å². The summed E-state index contributed by atoms with van der Waals surface area (Å²) in [6.45, 7) is 12.0. The number of aryl methyl sites for hydroxylation is 1. The van der Waals surface area contributed by atoms with Crippen LogP contribution in [0.4, 0.5) is 10.5 Å². The fraction of sp³-hybridized carbons (Fsp3) is 0.548. The number of hydrogen-bond donors (Lipinski definition) is 7. The molecule has 0 saturated heterocycles. The zero-order valence-corrected chi connectivity index (χ0v) is 27.4. The van der Waals surface area contributed by atoms with Crippen LogP contribution < -0.4 is 38.4 Å². The van der Waals surface area contributed by atoms with E-state index in [0.29, 0.717) is 23.1 Å². The van der Waals surface area contributed by atoms with Crippen molar-refractivity contribution in [1.29, 1.82) is 0 Å². The molecule has 254 valence electrons. The van der Waals surface area contributed by atoms with Crippen LogP contribution in [-0.2, 0) is 19.1 Å². The van der Waals surface area contributed by atoms with Crippen LogP contribution in [0.3, 0.4) is 0 Å². The first kappa shape index (κ1) is 37.5. The van der Waals surface area contributed by atoms with E-state index in [0.717, 1.165) is 0 Å². The molecule has 1 heterocycles. The summed E-state index contributed by atoms with van der Waals surface area (Å²) in [5, 5.41) is 21.5. The van der Waals surface area contributed by atoms with E-state index in [1.54, 1.807) is 39.8 Å². The second-order valence-corrected chi connectivity index (χ2v) is 12.5. The molecule has 0 spiro atoms. The fourth-order valence-electron chi connectivity index (χ4n) is 4.48. The number of benzene rings is 1. The topological polar surface area (TPSA) is 240 Å². The molecule has 0 fully saturated rings. The number of amides is 4. The molecule has 15 nitrogen and oxygen atoms in total. The first-order valence-electron chi connectivity index (χ1n) is 15.1. The molecule has 4 amide bonds. The number of carbonyl (C=O) groups is 4. The number of aliphatic hydroxyl groups is 1. The maximum atomic E-state index is 13.4. The van der Waals surface area contributed by atoms with E-state index in [2.05, 4.69) is 26.3 Å². The number of aliphatic hydroxyl groups excluding tert-OH is 1. The molecule has 15 heteroatoms. The van der Waals surface area contributed by atoms with Crippen molar-refractivity contribution in [3.05, 3.63) is 40.2 Å². The smallest absolute Gasteiger partial charge is 0.408 e. The molecule has 0 aliphatic heterocycles. The summed E-state index contributed by atoms with van der Waals surface area (Å²) in [6.07, 6.45) is -1.58. The Kier molecular flexibility index (Phi) is 13.5. The van der Waals surface area contributed by atoms with Gasteiger partial charge < -0.3 is 47.0 Å². The molecule has 0 bridgehead atoms. The molecule has 1 aromatic carbocycles. The second kappa shape index (κ2) is 16.6. The van der Waals surface area contributed by atoms with Crippen LogP contribution in [0.5, 0.6) is 0 Å². The lowest BCUT2D eigenvalue weighted by Gasteiger charge is -2.28. The Morgan fingerprint density at radius 3 is 2.24 bits per heavy atom. The molecule has 2 rings (SSSR count). The van der Waals surface area contributed by atoms with Gasteiger partial charge in [-0.25, -0.2) is 9.59 Å². The third-order valence-electron chi connectivity index (χ3n) is 6.57. The van der Waals surface area contributed by atoms with Gasteiger partial charge in [-0.1, -0.05) is 13.8 Å². The first-order chi connectivity index (χ1) is 21.4. The van der Waals surface area contributed by atoms with E-state index in [1.165, 1.54) is 19.1 Å². The van der Waals surface area contributed by atoms with E-state index in [4.69, 9.17) is 20.6 Å². The van der Waals surface area contributed by atoms with E-state index in [1.807, 2.05) is 13.8 Å². The van der Waals surface area contributed by atoms with Crippen LogP contribution in [-0.4, -0.2) is 71.3 Å². The lowest BCUT2D eigenvalue weighted by atomic mass is 10.0. The Morgan fingerprint density at radius 1 is 0.978 bits per heavy atom. The van der Waals surface area contributed by atoms with Crippen molar-refractivity contribution in [3.8, 4) is 0 Å². The van der Waals surface area contributed by atoms with Gasteiger partial charge in [0.25, 0.3) is 0 Å². The molecule has 1 aromatic heterocycles. The highest BCUT2D eigenvalue weighted by Crippen LogP contribution is 2.21. The van der Waals surface area contributed by atoms with Gasteiger partial charge in [0.05, 0.1) is 6.10 Å².